The number of benzene rings is 3. The maximum absolute atomic E-state index is 13.2. The number of para-hydroxylation sites is 1. The predicted octanol–water partition coefficient (Wildman–Crippen LogP) is 5.08. The molecule has 1 heterocycles. The van der Waals surface area contributed by atoms with Gasteiger partial charge in [0.2, 0.25) is 11.7 Å². The Morgan fingerprint density at radius 3 is 2.41 bits per heavy atom. The lowest BCUT2D eigenvalue weighted by Gasteiger charge is -2.16. The number of anilines is 1. The summed E-state index contributed by atoms with van der Waals surface area (Å²) in [6.45, 7) is 1.44. The number of allylic oxidation sites excluding steroid dienone is 1. The minimum Gasteiger partial charge on any atom is -0.287 e. The van der Waals surface area contributed by atoms with Crippen molar-refractivity contribution in [3.63, 3.8) is 0 Å². The minimum absolute atomic E-state index is 0.173. The highest BCUT2D eigenvalue weighted by Crippen LogP contribution is 2.35. The molecule has 3 nitrogen and oxygen atoms in total. The number of fused-ring (bicyclic) bond motifs is 1. The highest BCUT2D eigenvalue weighted by atomic mass is 19.1. The second-order valence-corrected chi connectivity index (χ2v) is 6.36. The maximum Gasteiger partial charge on any atom is 0.228 e. The van der Waals surface area contributed by atoms with Crippen LogP contribution in [0.2, 0.25) is 0 Å². The molecular weight excluding hydrogens is 341 g/mol. The third-order valence-corrected chi connectivity index (χ3v) is 4.55. The molecule has 0 fully saturated rings. The first-order valence-corrected chi connectivity index (χ1v) is 8.57. The topological polar surface area (TPSA) is 37.4 Å². The third kappa shape index (κ3) is 3.06. The monoisotopic (exact) mass is 357 g/mol. The summed E-state index contributed by atoms with van der Waals surface area (Å²) in [6, 6.07) is 20.9. The Balaban J connectivity index is 1.77. The van der Waals surface area contributed by atoms with Crippen molar-refractivity contribution < 1.29 is 14.0 Å². The van der Waals surface area contributed by atoms with Crippen LogP contribution < -0.4 is 4.90 Å². The number of hydrogen-bond donors (Lipinski definition) is 0. The summed E-state index contributed by atoms with van der Waals surface area (Å²) >= 11 is 0. The van der Waals surface area contributed by atoms with Crippen LogP contribution in [-0.2, 0) is 4.79 Å². The number of Topliss-reactive ketones (excluding diaryl/α,β-unsaturated/α-hetero) is 1. The zero-order chi connectivity index (χ0) is 19.0. The maximum atomic E-state index is 13.2. The summed E-state index contributed by atoms with van der Waals surface area (Å²) < 4.78 is 13.2. The van der Waals surface area contributed by atoms with Crippen LogP contribution in [0.15, 0.2) is 78.5 Å². The Hall–Kier alpha value is -3.53. The molecule has 0 aromatic heterocycles. The SMILES string of the molecule is CC(=O)N1/C(=C/c2cccc(-c3ccc(F)cc3)c2)C(=O)c2ccccc21. The van der Waals surface area contributed by atoms with E-state index >= 15 is 0 Å². The summed E-state index contributed by atoms with van der Waals surface area (Å²) in [4.78, 5) is 26.4. The second-order valence-electron chi connectivity index (χ2n) is 6.36. The molecule has 0 bridgehead atoms. The van der Waals surface area contributed by atoms with Gasteiger partial charge in [-0.1, -0.05) is 42.5 Å². The molecule has 1 aliphatic heterocycles. The molecule has 0 saturated heterocycles. The van der Waals surface area contributed by atoms with Crippen molar-refractivity contribution in [1.82, 2.24) is 0 Å². The van der Waals surface area contributed by atoms with Gasteiger partial charge in [0, 0.05) is 12.5 Å². The van der Waals surface area contributed by atoms with E-state index in [1.54, 1.807) is 42.5 Å². The second kappa shape index (κ2) is 6.65. The number of nitrogens with zero attached hydrogens (tertiary/aromatic N) is 1. The van der Waals surface area contributed by atoms with Gasteiger partial charge in [0.1, 0.15) is 5.82 Å². The molecule has 0 unspecified atom stereocenters. The van der Waals surface area contributed by atoms with Crippen LogP contribution in [0.1, 0.15) is 22.8 Å². The Morgan fingerprint density at radius 2 is 1.67 bits per heavy atom. The molecule has 0 atom stereocenters. The van der Waals surface area contributed by atoms with Gasteiger partial charge in [-0.25, -0.2) is 4.39 Å². The van der Waals surface area contributed by atoms with Crippen molar-refractivity contribution >= 4 is 23.5 Å². The van der Waals surface area contributed by atoms with Gasteiger partial charge in [-0.15, -0.1) is 0 Å². The van der Waals surface area contributed by atoms with E-state index in [9.17, 15) is 14.0 Å². The highest BCUT2D eigenvalue weighted by Gasteiger charge is 2.34. The van der Waals surface area contributed by atoms with Crippen molar-refractivity contribution in [1.29, 1.82) is 0 Å². The molecular formula is C23H16FNO2. The molecule has 1 amide bonds. The first kappa shape index (κ1) is 16.9. The summed E-state index contributed by atoms with van der Waals surface area (Å²) in [5.74, 6) is -0.675. The smallest absolute Gasteiger partial charge is 0.228 e. The Morgan fingerprint density at radius 1 is 0.926 bits per heavy atom. The Kier molecular flexibility index (Phi) is 4.16. The van der Waals surface area contributed by atoms with Crippen molar-refractivity contribution in [2.45, 2.75) is 6.92 Å². The highest BCUT2D eigenvalue weighted by molar-refractivity contribution is 6.26. The average molecular weight is 357 g/mol. The van der Waals surface area contributed by atoms with Crippen LogP contribution in [0.5, 0.6) is 0 Å². The molecule has 0 aliphatic carbocycles. The summed E-state index contributed by atoms with van der Waals surface area (Å²) in [5, 5.41) is 0. The number of amides is 1. The van der Waals surface area contributed by atoms with Crippen molar-refractivity contribution in [2.24, 2.45) is 0 Å². The summed E-state index contributed by atoms with van der Waals surface area (Å²) in [6.07, 6.45) is 1.72. The van der Waals surface area contributed by atoms with Crippen LogP contribution in [0, 0.1) is 5.82 Å². The minimum atomic E-state index is -0.288. The van der Waals surface area contributed by atoms with E-state index in [2.05, 4.69) is 0 Å². The number of carbonyl (C=O) groups excluding carboxylic acids is 2. The zero-order valence-corrected chi connectivity index (χ0v) is 14.6. The predicted molar refractivity (Wildman–Crippen MR) is 104 cm³/mol. The number of rotatable bonds is 2. The van der Waals surface area contributed by atoms with Crippen LogP contribution in [0.3, 0.4) is 0 Å². The molecule has 3 aromatic carbocycles. The quantitative estimate of drug-likeness (QED) is 0.600. The molecule has 0 N–H and O–H groups in total. The number of halogens is 1. The Bertz CT molecular complexity index is 1080. The third-order valence-electron chi connectivity index (χ3n) is 4.55. The lowest BCUT2D eigenvalue weighted by molar-refractivity contribution is -0.116. The molecule has 4 rings (SSSR count). The van der Waals surface area contributed by atoms with Crippen LogP contribution in [-0.4, -0.2) is 11.7 Å². The first-order valence-electron chi connectivity index (χ1n) is 8.57. The van der Waals surface area contributed by atoms with Crippen LogP contribution in [0.4, 0.5) is 10.1 Å². The van der Waals surface area contributed by atoms with E-state index in [4.69, 9.17) is 0 Å². The summed E-state index contributed by atoms with van der Waals surface area (Å²) in [7, 11) is 0. The van der Waals surface area contributed by atoms with Gasteiger partial charge in [-0.05, 0) is 53.1 Å². The van der Waals surface area contributed by atoms with Crippen molar-refractivity contribution in [3.05, 3.63) is 95.4 Å². The standard InChI is InChI=1S/C23H16FNO2/c1-15(26)25-21-8-3-2-7-20(21)23(27)22(25)14-16-5-4-6-18(13-16)17-9-11-19(24)12-10-17/h2-14H,1H3/b22-14+. The van der Waals surface area contributed by atoms with Crippen molar-refractivity contribution in [3.8, 4) is 11.1 Å². The van der Waals surface area contributed by atoms with Crippen LogP contribution in [0.25, 0.3) is 17.2 Å². The number of ketones is 1. The molecule has 3 aromatic rings. The molecule has 0 spiro atoms. The molecule has 27 heavy (non-hydrogen) atoms. The first-order chi connectivity index (χ1) is 13.0. The normalized spacial score (nSPS) is 14.5. The van der Waals surface area contributed by atoms with Gasteiger partial charge in [-0.3, -0.25) is 14.5 Å². The average Bonchev–Trinajstić information content (AvgIpc) is 2.95. The van der Waals surface area contributed by atoms with E-state index < -0.39 is 0 Å². The molecule has 1 aliphatic rings. The molecule has 4 heteroatoms. The van der Waals surface area contributed by atoms with E-state index in [0.717, 1.165) is 16.7 Å². The molecule has 0 saturated carbocycles. The van der Waals surface area contributed by atoms with Gasteiger partial charge in [0.25, 0.3) is 0 Å². The van der Waals surface area contributed by atoms with E-state index in [-0.39, 0.29) is 17.5 Å². The van der Waals surface area contributed by atoms with Crippen LogP contribution >= 0.6 is 0 Å². The van der Waals surface area contributed by atoms with Gasteiger partial charge in [0.15, 0.2) is 0 Å². The fourth-order valence-corrected chi connectivity index (χ4v) is 3.31. The largest absolute Gasteiger partial charge is 0.287 e. The number of hydrogen-bond acceptors (Lipinski definition) is 2. The molecule has 0 radical (unpaired) electrons. The van der Waals surface area contributed by atoms with Gasteiger partial charge >= 0.3 is 0 Å². The van der Waals surface area contributed by atoms with E-state index in [1.165, 1.54) is 24.0 Å². The fourth-order valence-electron chi connectivity index (χ4n) is 3.31. The van der Waals surface area contributed by atoms with Crippen molar-refractivity contribution in [2.75, 3.05) is 4.90 Å². The fraction of sp³-hybridized carbons (Fsp3) is 0.0435. The van der Waals surface area contributed by atoms with Gasteiger partial charge in [0.05, 0.1) is 11.4 Å². The van der Waals surface area contributed by atoms with Gasteiger partial charge < -0.3 is 0 Å². The molecule has 132 valence electrons. The number of carbonyl (C=O) groups is 2. The Labute approximate surface area is 156 Å². The van der Waals surface area contributed by atoms with E-state index in [1.807, 2.05) is 24.3 Å². The lowest BCUT2D eigenvalue weighted by Crippen LogP contribution is -2.25. The van der Waals surface area contributed by atoms with E-state index in [0.29, 0.717) is 16.9 Å². The zero-order valence-electron chi connectivity index (χ0n) is 14.6. The summed E-state index contributed by atoms with van der Waals surface area (Å²) in [5.41, 5.74) is 4.03. The van der Waals surface area contributed by atoms with Gasteiger partial charge in [-0.2, -0.15) is 0 Å². The lowest BCUT2D eigenvalue weighted by atomic mass is 10.0.